The van der Waals surface area contributed by atoms with Crippen LogP contribution in [-0.2, 0) is 4.79 Å². The second-order valence-electron chi connectivity index (χ2n) is 2.29. The number of rotatable bonds is 3. The van der Waals surface area contributed by atoms with Gasteiger partial charge in [0.2, 0.25) is 5.91 Å². The first-order valence-corrected chi connectivity index (χ1v) is 3.98. The van der Waals surface area contributed by atoms with Gasteiger partial charge < -0.3 is 5.32 Å². The van der Waals surface area contributed by atoms with Crippen molar-refractivity contribution in [3.63, 3.8) is 0 Å². The largest absolute Gasteiger partial charge is 0.345 e. The maximum absolute atomic E-state index is 10.8. The lowest BCUT2D eigenvalue weighted by atomic mass is 10.3. The average molecular weight is 189 g/mol. The number of alkyl halides is 1. The molecule has 1 aromatic heterocycles. The van der Waals surface area contributed by atoms with Gasteiger partial charge in [-0.25, -0.2) is 4.98 Å². The van der Waals surface area contributed by atoms with Crippen molar-refractivity contribution in [3.05, 3.63) is 12.2 Å². The lowest BCUT2D eigenvalue weighted by Crippen LogP contribution is -2.28. The Morgan fingerprint density at radius 1 is 1.92 bits per heavy atom. The highest BCUT2D eigenvalue weighted by atomic mass is 35.5. The van der Waals surface area contributed by atoms with Gasteiger partial charge >= 0.3 is 0 Å². The Hall–Kier alpha value is -1.10. The molecule has 0 saturated heterocycles. The molecule has 1 unspecified atom stereocenters. The van der Waals surface area contributed by atoms with E-state index in [0.717, 1.165) is 0 Å². The van der Waals surface area contributed by atoms with Crippen LogP contribution in [0, 0.1) is 0 Å². The standard InChI is InChI=1S/C6H9ClN4O/c1-4(10-5(12)2-7)6-8-3-9-11-6/h3-4H,2H2,1H3,(H,10,12)(H,8,9,11). The van der Waals surface area contributed by atoms with Crippen molar-refractivity contribution >= 4 is 17.5 Å². The van der Waals surface area contributed by atoms with Gasteiger partial charge in [0.15, 0.2) is 0 Å². The lowest BCUT2D eigenvalue weighted by Gasteiger charge is -2.08. The number of halogens is 1. The Balaban J connectivity index is 2.49. The van der Waals surface area contributed by atoms with Gasteiger partial charge in [0.05, 0.1) is 6.04 Å². The summed E-state index contributed by atoms with van der Waals surface area (Å²) in [5.41, 5.74) is 0. The third-order valence-electron chi connectivity index (χ3n) is 1.34. The monoisotopic (exact) mass is 188 g/mol. The Bertz CT molecular complexity index is 248. The van der Waals surface area contributed by atoms with Gasteiger partial charge in [-0.15, -0.1) is 11.6 Å². The minimum absolute atomic E-state index is 0.0432. The van der Waals surface area contributed by atoms with Crippen molar-refractivity contribution in [1.29, 1.82) is 0 Å². The lowest BCUT2D eigenvalue weighted by molar-refractivity contribution is -0.119. The van der Waals surface area contributed by atoms with Crippen LogP contribution in [0.2, 0.25) is 0 Å². The van der Waals surface area contributed by atoms with Crippen LogP contribution >= 0.6 is 11.6 Å². The van der Waals surface area contributed by atoms with Crippen molar-refractivity contribution < 1.29 is 4.79 Å². The predicted octanol–water partition coefficient (Wildman–Crippen LogP) is 0.221. The first-order valence-electron chi connectivity index (χ1n) is 3.44. The molecule has 0 saturated carbocycles. The van der Waals surface area contributed by atoms with E-state index in [4.69, 9.17) is 11.6 Å². The quantitative estimate of drug-likeness (QED) is 0.667. The number of aromatic amines is 1. The van der Waals surface area contributed by atoms with Crippen molar-refractivity contribution in [3.8, 4) is 0 Å². The fourth-order valence-corrected chi connectivity index (χ4v) is 0.849. The summed E-state index contributed by atoms with van der Waals surface area (Å²) in [6.45, 7) is 1.80. The highest BCUT2D eigenvalue weighted by Crippen LogP contribution is 2.03. The van der Waals surface area contributed by atoms with Crippen LogP contribution in [0.15, 0.2) is 6.33 Å². The molecular weight excluding hydrogens is 180 g/mol. The molecular formula is C6H9ClN4O. The van der Waals surface area contributed by atoms with E-state index in [1.54, 1.807) is 6.92 Å². The molecule has 0 aliphatic carbocycles. The number of amides is 1. The molecule has 1 amide bonds. The zero-order valence-electron chi connectivity index (χ0n) is 6.54. The van der Waals surface area contributed by atoms with Gasteiger partial charge in [0, 0.05) is 0 Å². The van der Waals surface area contributed by atoms with E-state index in [1.165, 1.54) is 6.33 Å². The van der Waals surface area contributed by atoms with E-state index in [1.807, 2.05) is 0 Å². The van der Waals surface area contributed by atoms with Crippen LogP contribution in [0.25, 0.3) is 0 Å². The number of aromatic nitrogens is 3. The van der Waals surface area contributed by atoms with E-state index in [0.29, 0.717) is 5.82 Å². The molecule has 0 aromatic carbocycles. The number of nitrogens with one attached hydrogen (secondary N) is 2. The molecule has 0 radical (unpaired) electrons. The molecule has 66 valence electrons. The van der Waals surface area contributed by atoms with Gasteiger partial charge in [-0.1, -0.05) is 0 Å². The SMILES string of the molecule is CC(NC(=O)CCl)c1ncn[nH]1. The first kappa shape index (κ1) is 8.99. The number of carbonyl (C=O) groups excluding carboxylic acids is 1. The molecule has 0 aliphatic heterocycles. The second-order valence-corrected chi connectivity index (χ2v) is 2.56. The highest BCUT2D eigenvalue weighted by Gasteiger charge is 2.09. The molecule has 1 atom stereocenters. The summed E-state index contributed by atoms with van der Waals surface area (Å²) in [6.07, 6.45) is 1.39. The maximum Gasteiger partial charge on any atom is 0.235 e. The van der Waals surface area contributed by atoms with E-state index < -0.39 is 0 Å². The second kappa shape index (κ2) is 4.06. The minimum Gasteiger partial charge on any atom is -0.345 e. The third-order valence-corrected chi connectivity index (χ3v) is 1.59. The van der Waals surface area contributed by atoms with Crippen molar-refractivity contribution in [2.45, 2.75) is 13.0 Å². The number of hydrogen-bond donors (Lipinski definition) is 2. The fourth-order valence-electron chi connectivity index (χ4n) is 0.772. The van der Waals surface area contributed by atoms with Crippen molar-refractivity contribution in [2.24, 2.45) is 0 Å². The van der Waals surface area contributed by atoms with E-state index in [9.17, 15) is 4.79 Å². The van der Waals surface area contributed by atoms with Gasteiger partial charge in [-0.05, 0) is 6.92 Å². The summed E-state index contributed by atoms with van der Waals surface area (Å²) < 4.78 is 0. The molecule has 0 fully saturated rings. The topological polar surface area (TPSA) is 70.7 Å². The van der Waals surface area contributed by atoms with Crippen LogP contribution in [0.4, 0.5) is 0 Å². The molecule has 0 bridgehead atoms. The van der Waals surface area contributed by atoms with Crippen LogP contribution in [0.3, 0.4) is 0 Å². The molecule has 5 nitrogen and oxygen atoms in total. The van der Waals surface area contributed by atoms with Crippen molar-refractivity contribution in [1.82, 2.24) is 20.5 Å². The van der Waals surface area contributed by atoms with Gasteiger partial charge in [-0.3, -0.25) is 9.89 Å². The van der Waals surface area contributed by atoms with Crippen LogP contribution in [0.5, 0.6) is 0 Å². The zero-order chi connectivity index (χ0) is 8.97. The summed E-state index contributed by atoms with van der Waals surface area (Å²) in [5, 5.41) is 8.93. The first-order chi connectivity index (χ1) is 5.74. The smallest absolute Gasteiger partial charge is 0.235 e. The Morgan fingerprint density at radius 2 is 2.67 bits per heavy atom. The molecule has 2 N–H and O–H groups in total. The van der Waals surface area contributed by atoms with E-state index >= 15 is 0 Å². The average Bonchev–Trinajstić information content (AvgIpc) is 2.56. The minimum atomic E-state index is -0.222. The fraction of sp³-hybridized carbons (Fsp3) is 0.500. The molecule has 1 rings (SSSR count). The molecule has 1 heterocycles. The molecule has 0 aliphatic rings. The van der Waals surface area contributed by atoms with Gasteiger partial charge in [-0.2, -0.15) is 5.10 Å². The van der Waals surface area contributed by atoms with Crippen LogP contribution < -0.4 is 5.32 Å². The van der Waals surface area contributed by atoms with Gasteiger partial charge in [0.1, 0.15) is 18.0 Å². The molecule has 0 spiro atoms. The molecule has 12 heavy (non-hydrogen) atoms. The summed E-state index contributed by atoms with van der Waals surface area (Å²) in [5.74, 6) is 0.354. The third kappa shape index (κ3) is 2.20. The number of nitrogens with zero attached hydrogens (tertiary/aromatic N) is 2. The van der Waals surface area contributed by atoms with Crippen molar-refractivity contribution in [2.75, 3.05) is 5.88 Å². The highest BCUT2D eigenvalue weighted by molar-refractivity contribution is 6.27. The van der Waals surface area contributed by atoms with Crippen LogP contribution in [-0.4, -0.2) is 27.0 Å². The summed E-state index contributed by atoms with van der Waals surface area (Å²) >= 11 is 5.30. The summed E-state index contributed by atoms with van der Waals surface area (Å²) in [4.78, 5) is 14.7. The van der Waals surface area contributed by atoms with Crippen LogP contribution in [0.1, 0.15) is 18.8 Å². The van der Waals surface area contributed by atoms with E-state index in [2.05, 4.69) is 20.5 Å². The Labute approximate surface area is 74.5 Å². The predicted molar refractivity (Wildman–Crippen MR) is 43.7 cm³/mol. The molecule has 6 heteroatoms. The normalized spacial score (nSPS) is 12.5. The maximum atomic E-state index is 10.8. The molecule has 1 aromatic rings. The number of hydrogen-bond acceptors (Lipinski definition) is 3. The zero-order valence-corrected chi connectivity index (χ0v) is 7.30. The summed E-state index contributed by atoms with van der Waals surface area (Å²) in [6, 6.07) is -0.182. The Kier molecular flexibility index (Phi) is 3.04. The number of carbonyl (C=O) groups is 1. The summed E-state index contributed by atoms with van der Waals surface area (Å²) in [7, 11) is 0. The Morgan fingerprint density at radius 3 is 3.17 bits per heavy atom. The van der Waals surface area contributed by atoms with E-state index in [-0.39, 0.29) is 17.8 Å². The number of H-pyrrole nitrogens is 1. The van der Waals surface area contributed by atoms with Gasteiger partial charge in [0.25, 0.3) is 0 Å².